The summed E-state index contributed by atoms with van der Waals surface area (Å²) in [6.45, 7) is 1.95. The van der Waals surface area contributed by atoms with Crippen LogP contribution in [0.15, 0.2) is 54.7 Å². The highest BCUT2D eigenvalue weighted by atomic mass is 32.2. The second-order valence-electron chi connectivity index (χ2n) is 5.55. The summed E-state index contributed by atoms with van der Waals surface area (Å²) in [6, 6.07) is 15.1. The number of hydrogen-bond donors (Lipinski definition) is 1. The third-order valence-electron chi connectivity index (χ3n) is 3.60. The summed E-state index contributed by atoms with van der Waals surface area (Å²) in [5, 5.41) is 1.01. The van der Waals surface area contributed by atoms with Crippen LogP contribution in [-0.4, -0.2) is 13.0 Å². The van der Waals surface area contributed by atoms with Gasteiger partial charge in [0.15, 0.2) is 0 Å². The highest BCUT2D eigenvalue weighted by Crippen LogP contribution is 2.21. The molecule has 0 saturated heterocycles. The lowest BCUT2D eigenvalue weighted by atomic mass is 10.2. The summed E-state index contributed by atoms with van der Waals surface area (Å²) in [7, 11) is -1.46. The molecule has 22 heavy (non-hydrogen) atoms. The number of aryl methyl sites for hydroxylation is 2. The molecule has 0 bridgehead atoms. The Labute approximate surface area is 130 Å². The lowest BCUT2D eigenvalue weighted by molar-refractivity contribution is 0.600. The second kappa shape index (κ2) is 5.50. The fourth-order valence-electron chi connectivity index (χ4n) is 2.58. The van der Waals surface area contributed by atoms with Crippen molar-refractivity contribution in [3.63, 3.8) is 0 Å². The van der Waals surface area contributed by atoms with Gasteiger partial charge in [0.2, 0.25) is 10.0 Å². The first kappa shape index (κ1) is 14.7. The first-order chi connectivity index (χ1) is 10.4. The highest BCUT2D eigenvalue weighted by Gasteiger charge is 2.12. The number of fused-ring (bicyclic) bond motifs is 1. The summed E-state index contributed by atoms with van der Waals surface area (Å²) in [5.74, 6) is -0.0263. The maximum Gasteiger partial charge on any atom is 0.236 e. The van der Waals surface area contributed by atoms with Crippen molar-refractivity contribution in [2.75, 3.05) is 4.72 Å². The number of nitrogens with one attached hydrogen (secondary N) is 1. The first-order valence-corrected chi connectivity index (χ1v) is 8.69. The van der Waals surface area contributed by atoms with Gasteiger partial charge in [-0.1, -0.05) is 29.8 Å². The average molecular weight is 314 g/mol. The Kier molecular flexibility index (Phi) is 3.66. The molecule has 0 fully saturated rings. The Morgan fingerprint density at radius 3 is 2.68 bits per heavy atom. The van der Waals surface area contributed by atoms with Crippen LogP contribution >= 0.6 is 0 Å². The van der Waals surface area contributed by atoms with Gasteiger partial charge in [-0.25, -0.2) is 8.42 Å². The van der Waals surface area contributed by atoms with Crippen molar-refractivity contribution in [1.29, 1.82) is 0 Å². The maximum atomic E-state index is 12.3. The van der Waals surface area contributed by atoms with Crippen LogP contribution in [0.5, 0.6) is 0 Å². The van der Waals surface area contributed by atoms with E-state index >= 15 is 0 Å². The van der Waals surface area contributed by atoms with E-state index in [1.807, 2.05) is 67.2 Å². The second-order valence-corrected chi connectivity index (χ2v) is 7.27. The van der Waals surface area contributed by atoms with Crippen molar-refractivity contribution in [1.82, 2.24) is 4.57 Å². The molecule has 3 aromatic rings. The molecular weight excluding hydrogens is 296 g/mol. The molecule has 0 amide bonds. The van der Waals surface area contributed by atoms with E-state index in [0.29, 0.717) is 5.69 Å². The lowest BCUT2D eigenvalue weighted by Gasteiger charge is -2.09. The molecule has 0 unspecified atom stereocenters. The Morgan fingerprint density at radius 2 is 1.91 bits per heavy atom. The molecule has 0 aliphatic rings. The van der Waals surface area contributed by atoms with Gasteiger partial charge in [-0.2, -0.15) is 0 Å². The van der Waals surface area contributed by atoms with Crippen LogP contribution in [0.1, 0.15) is 11.1 Å². The molecule has 0 aliphatic heterocycles. The summed E-state index contributed by atoms with van der Waals surface area (Å²) < 4.78 is 29.3. The van der Waals surface area contributed by atoms with E-state index in [4.69, 9.17) is 0 Å². The van der Waals surface area contributed by atoms with Gasteiger partial charge in [0.25, 0.3) is 0 Å². The van der Waals surface area contributed by atoms with E-state index in [1.165, 1.54) is 0 Å². The maximum absolute atomic E-state index is 12.3. The molecule has 114 valence electrons. The number of nitrogens with zero attached hydrogens (tertiary/aromatic N) is 1. The van der Waals surface area contributed by atoms with Gasteiger partial charge in [0, 0.05) is 29.8 Å². The Hall–Kier alpha value is -2.27. The van der Waals surface area contributed by atoms with Crippen molar-refractivity contribution in [3.8, 4) is 0 Å². The van der Waals surface area contributed by atoms with Crippen molar-refractivity contribution in [2.24, 2.45) is 7.05 Å². The predicted molar refractivity (Wildman–Crippen MR) is 90.3 cm³/mol. The standard InChI is InChI=1S/C17H18N2O2S/c1-13-4-3-5-14(10-13)12-22(20,21)18-16-6-7-17-15(11-16)8-9-19(17)2/h3-11,18H,12H2,1-2H3. The van der Waals surface area contributed by atoms with Crippen LogP contribution in [0, 0.1) is 6.92 Å². The molecule has 0 radical (unpaired) electrons. The molecule has 4 nitrogen and oxygen atoms in total. The minimum atomic E-state index is -3.42. The molecule has 0 aliphatic carbocycles. The third kappa shape index (κ3) is 3.14. The van der Waals surface area contributed by atoms with E-state index in [9.17, 15) is 8.42 Å². The summed E-state index contributed by atoms with van der Waals surface area (Å²) in [5.41, 5.74) is 3.50. The van der Waals surface area contributed by atoms with Crippen LogP contribution in [0.3, 0.4) is 0 Å². The summed E-state index contributed by atoms with van der Waals surface area (Å²) in [6.07, 6.45) is 1.95. The van der Waals surface area contributed by atoms with Crippen molar-refractivity contribution in [3.05, 3.63) is 65.9 Å². The number of rotatable bonds is 4. The zero-order chi connectivity index (χ0) is 15.7. The molecule has 2 aromatic carbocycles. The smallest absolute Gasteiger partial charge is 0.236 e. The summed E-state index contributed by atoms with van der Waals surface area (Å²) >= 11 is 0. The molecule has 0 atom stereocenters. The molecule has 1 N–H and O–H groups in total. The van der Waals surface area contributed by atoms with E-state index in [-0.39, 0.29) is 5.75 Å². The van der Waals surface area contributed by atoms with Crippen LogP contribution in [0.4, 0.5) is 5.69 Å². The fourth-order valence-corrected chi connectivity index (χ4v) is 3.76. The van der Waals surface area contributed by atoms with Crippen LogP contribution in [0.25, 0.3) is 10.9 Å². The number of anilines is 1. The van der Waals surface area contributed by atoms with E-state index in [1.54, 1.807) is 6.07 Å². The zero-order valence-corrected chi connectivity index (χ0v) is 13.4. The van der Waals surface area contributed by atoms with Crippen molar-refractivity contribution >= 4 is 26.6 Å². The van der Waals surface area contributed by atoms with E-state index in [2.05, 4.69) is 4.72 Å². The lowest BCUT2D eigenvalue weighted by Crippen LogP contribution is -2.15. The van der Waals surface area contributed by atoms with Gasteiger partial charge in [-0.3, -0.25) is 4.72 Å². The number of benzene rings is 2. The predicted octanol–water partition coefficient (Wildman–Crippen LogP) is 3.43. The molecule has 5 heteroatoms. The minimum absolute atomic E-state index is 0.0263. The quantitative estimate of drug-likeness (QED) is 0.802. The number of hydrogen-bond acceptors (Lipinski definition) is 2. The van der Waals surface area contributed by atoms with Gasteiger partial charge in [-0.05, 0) is 36.8 Å². The molecule has 3 rings (SSSR count). The van der Waals surface area contributed by atoms with Crippen LogP contribution in [0.2, 0.25) is 0 Å². The minimum Gasteiger partial charge on any atom is -0.351 e. The first-order valence-electron chi connectivity index (χ1n) is 7.04. The Bertz CT molecular complexity index is 927. The summed E-state index contributed by atoms with van der Waals surface area (Å²) in [4.78, 5) is 0. The van der Waals surface area contributed by atoms with Crippen molar-refractivity contribution in [2.45, 2.75) is 12.7 Å². The zero-order valence-electron chi connectivity index (χ0n) is 12.6. The molecule has 1 aromatic heterocycles. The Balaban J connectivity index is 1.83. The fraction of sp³-hybridized carbons (Fsp3) is 0.176. The topological polar surface area (TPSA) is 51.1 Å². The van der Waals surface area contributed by atoms with E-state index < -0.39 is 10.0 Å². The largest absolute Gasteiger partial charge is 0.351 e. The molecule has 1 heterocycles. The third-order valence-corrected chi connectivity index (χ3v) is 4.86. The van der Waals surface area contributed by atoms with Gasteiger partial charge in [0.1, 0.15) is 0 Å². The van der Waals surface area contributed by atoms with Gasteiger partial charge >= 0.3 is 0 Å². The molecule has 0 spiro atoms. The number of sulfonamides is 1. The van der Waals surface area contributed by atoms with E-state index in [0.717, 1.165) is 22.0 Å². The average Bonchev–Trinajstić information content (AvgIpc) is 2.79. The number of aromatic nitrogens is 1. The normalized spacial score (nSPS) is 11.7. The van der Waals surface area contributed by atoms with Gasteiger partial charge < -0.3 is 4.57 Å². The SMILES string of the molecule is Cc1cccc(CS(=O)(=O)Nc2ccc3c(ccn3C)c2)c1. The Morgan fingerprint density at radius 1 is 1.09 bits per heavy atom. The molecular formula is C17H18N2O2S. The van der Waals surface area contributed by atoms with Gasteiger partial charge in [0.05, 0.1) is 5.75 Å². The highest BCUT2D eigenvalue weighted by molar-refractivity contribution is 7.91. The monoisotopic (exact) mass is 314 g/mol. The molecule has 0 saturated carbocycles. The van der Waals surface area contributed by atoms with Crippen LogP contribution in [-0.2, 0) is 22.8 Å². The van der Waals surface area contributed by atoms with Crippen LogP contribution < -0.4 is 4.72 Å². The van der Waals surface area contributed by atoms with Crippen molar-refractivity contribution < 1.29 is 8.42 Å². The van der Waals surface area contributed by atoms with Gasteiger partial charge in [-0.15, -0.1) is 0 Å².